The van der Waals surface area contributed by atoms with Crippen LogP contribution >= 0.6 is 0 Å². The Morgan fingerprint density at radius 3 is 2.65 bits per heavy atom. The molecular formula is C27H35FN8O. The topological polar surface area (TPSA) is 85.7 Å². The van der Waals surface area contributed by atoms with E-state index in [0.717, 1.165) is 33.6 Å². The lowest BCUT2D eigenvalue weighted by atomic mass is 9.94. The Morgan fingerprint density at radius 2 is 1.97 bits per heavy atom. The number of hydrogen-bond acceptors (Lipinski definition) is 6. The minimum Gasteiger partial charge on any atom is -0.353 e. The molecule has 5 rings (SSSR count). The second kappa shape index (κ2) is 9.41. The van der Waals surface area contributed by atoms with Crippen LogP contribution in [-0.2, 0) is 4.79 Å². The van der Waals surface area contributed by atoms with Gasteiger partial charge >= 0.3 is 0 Å². The normalized spacial score (nSPS) is 16.6. The summed E-state index contributed by atoms with van der Waals surface area (Å²) in [5.74, 6) is 0.178. The molecule has 196 valence electrons. The fraction of sp³-hybridized carbons (Fsp3) is 0.481. The number of anilines is 1. The van der Waals surface area contributed by atoms with E-state index < -0.39 is 0 Å². The number of carbonyl (C=O) groups excluding carboxylic acids is 1. The highest BCUT2D eigenvalue weighted by atomic mass is 19.1. The van der Waals surface area contributed by atoms with Crippen molar-refractivity contribution in [2.75, 3.05) is 45.2 Å². The Kier molecular flexibility index (Phi) is 6.39. The summed E-state index contributed by atoms with van der Waals surface area (Å²) in [5, 5.41) is 4.91. The maximum atomic E-state index is 16.3. The van der Waals surface area contributed by atoms with E-state index in [2.05, 4.69) is 40.8 Å². The number of nitrogens with zero attached hydrogens (tertiary/aromatic N) is 7. The van der Waals surface area contributed by atoms with E-state index in [1.807, 2.05) is 48.8 Å². The Bertz CT molecular complexity index is 1490. The van der Waals surface area contributed by atoms with E-state index in [0.29, 0.717) is 42.9 Å². The molecule has 1 N–H and O–H groups in total. The fourth-order valence-corrected chi connectivity index (χ4v) is 5.48. The molecule has 4 aromatic heterocycles. The number of carbonyl (C=O) groups is 1. The molecule has 0 aliphatic carbocycles. The third-order valence-electron chi connectivity index (χ3n) is 7.48. The van der Waals surface area contributed by atoms with Gasteiger partial charge in [0.15, 0.2) is 17.3 Å². The highest BCUT2D eigenvalue weighted by Crippen LogP contribution is 2.40. The fourth-order valence-electron chi connectivity index (χ4n) is 5.48. The van der Waals surface area contributed by atoms with Crippen LogP contribution in [-0.4, -0.2) is 86.6 Å². The lowest BCUT2D eigenvalue weighted by molar-refractivity contribution is -0.132. The lowest BCUT2D eigenvalue weighted by Gasteiger charge is -2.41. The Hall–Kier alpha value is -3.53. The Morgan fingerprint density at radius 1 is 1.22 bits per heavy atom. The summed E-state index contributed by atoms with van der Waals surface area (Å²) in [6.45, 7) is 12.3. The zero-order valence-corrected chi connectivity index (χ0v) is 22.6. The molecule has 1 saturated heterocycles. The van der Waals surface area contributed by atoms with Gasteiger partial charge in [0, 0.05) is 42.8 Å². The molecule has 1 fully saturated rings. The number of aromatic amines is 1. The number of nitrogens with one attached hydrogen (secondary N) is 1. The van der Waals surface area contributed by atoms with Crippen LogP contribution in [0.3, 0.4) is 0 Å². The van der Waals surface area contributed by atoms with Crippen molar-refractivity contribution in [3.63, 3.8) is 0 Å². The van der Waals surface area contributed by atoms with Crippen LogP contribution in [0.2, 0.25) is 0 Å². The van der Waals surface area contributed by atoms with Crippen molar-refractivity contribution < 1.29 is 9.18 Å². The van der Waals surface area contributed by atoms with Crippen molar-refractivity contribution in [3.05, 3.63) is 41.2 Å². The molecule has 1 amide bonds. The van der Waals surface area contributed by atoms with Gasteiger partial charge < -0.3 is 19.7 Å². The number of aryl methyl sites for hydroxylation is 1. The first-order chi connectivity index (χ1) is 17.6. The minimum absolute atomic E-state index is 0.0557. The van der Waals surface area contributed by atoms with Gasteiger partial charge in [-0.1, -0.05) is 13.8 Å². The smallest absolute Gasteiger partial charge is 0.236 e. The van der Waals surface area contributed by atoms with E-state index in [-0.39, 0.29) is 23.7 Å². The van der Waals surface area contributed by atoms with Gasteiger partial charge in [-0.2, -0.15) is 5.10 Å². The van der Waals surface area contributed by atoms with Crippen molar-refractivity contribution in [2.45, 2.75) is 46.6 Å². The van der Waals surface area contributed by atoms with Gasteiger partial charge in [-0.15, -0.1) is 0 Å². The monoisotopic (exact) mass is 506 g/mol. The van der Waals surface area contributed by atoms with E-state index in [9.17, 15) is 4.79 Å². The molecule has 1 aliphatic rings. The van der Waals surface area contributed by atoms with Gasteiger partial charge in [0.25, 0.3) is 0 Å². The van der Waals surface area contributed by atoms with Crippen molar-refractivity contribution in [1.82, 2.24) is 34.4 Å². The standard InChI is InChI=1S/C27H35FN8O/c1-15(2)22-23-20(32-25(22)19-12-36-26(30-14-31-36)18(5)17(19)4)10-29-27(24(23)28)35-9-8-34(11-16(35)3)21(37)13-33(6)7/h10,12,14-16,32H,8-9,11,13H2,1-7H3. The molecule has 1 aliphatic heterocycles. The molecule has 4 aromatic rings. The van der Waals surface area contributed by atoms with Gasteiger partial charge in [0.1, 0.15) is 6.33 Å². The predicted molar refractivity (Wildman–Crippen MR) is 144 cm³/mol. The summed E-state index contributed by atoms with van der Waals surface area (Å²) in [5.41, 5.74) is 6.38. The van der Waals surface area contributed by atoms with Crippen LogP contribution in [0.25, 0.3) is 27.8 Å². The molecule has 5 heterocycles. The zero-order chi connectivity index (χ0) is 26.6. The second-order valence-electron chi connectivity index (χ2n) is 10.7. The number of hydrogen-bond donors (Lipinski definition) is 1. The highest BCUT2D eigenvalue weighted by Gasteiger charge is 2.31. The molecule has 10 heteroatoms. The number of piperazine rings is 1. The largest absolute Gasteiger partial charge is 0.353 e. The number of rotatable bonds is 5. The number of pyridine rings is 2. The number of amides is 1. The predicted octanol–water partition coefficient (Wildman–Crippen LogP) is 3.75. The third kappa shape index (κ3) is 4.22. The molecule has 37 heavy (non-hydrogen) atoms. The van der Waals surface area contributed by atoms with Crippen molar-refractivity contribution >= 4 is 28.3 Å². The van der Waals surface area contributed by atoms with Gasteiger partial charge in [0.05, 0.1) is 24.0 Å². The quantitative estimate of drug-likeness (QED) is 0.444. The highest BCUT2D eigenvalue weighted by molar-refractivity contribution is 5.94. The summed E-state index contributed by atoms with van der Waals surface area (Å²) >= 11 is 0. The van der Waals surface area contributed by atoms with E-state index >= 15 is 4.39 Å². The molecule has 9 nitrogen and oxygen atoms in total. The van der Waals surface area contributed by atoms with Gasteiger partial charge in [-0.25, -0.2) is 18.9 Å². The van der Waals surface area contributed by atoms with E-state index in [4.69, 9.17) is 0 Å². The average molecular weight is 507 g/mol. The number of H-pyrrole nitrogens is 1. The molecule has 0 spiro atoms. The first-order valence-corrected chi connectivity index (χ1v) is 12.8. The van der Waals surface area contributed by atoms with Gasteiger partial charge in [0.2, 0.25) is 5.91 Å². The van der Waals surface area contributed by atoms with Crippen LogP contribution in [0.4, 0.5) is 10.2 Å². The molecule has 0 radical (unpaired) electrons. The molecule has 1 atom stereocenters. The molecule has 0 bridgehead atoms. The van der Waals surface area contributed by atoms with Crippen LogP contribution in [0.15, 0.2) is 18.7 Å². The third-order valence-corrected chi connectivity index (χ3v) is 7.48. The van der Waals surface area contributed by atoms with E-state index in [1.54, 1.807) is 17.0 Å². The summed E-state index contributed by atoms with van der Waals surface area (Å²) < 4.78 is 18.1. The number of fused-ring (bicyclic) bond motifs is 2. The first-order valence-electron chi connectivity index (χ1n) is 12.8. The minimum atomic E-state index is -0.320. The molecule has 0 aromatic carbocycles. The molecular weight excluding hydrogens is 471 g/mol. The maximum absolute atomic E-state index is 16.3. The van der Waals surface area contributed by atoms with Crippen LogP contribution in [0, 0.1) is 19.7 Å². The summed E-state index contributed by atoms with van der Waals surface area (Å²) in [6.07, 6.45) is 5.24. The van der Waals surface area contributed by atoms with E-state index in [1.165, 1.54) is 0 Å². The van der Waals surface area contributed by atoms with Crippen LogP contribution in [0.1, 0.15) is 43.4 Å². The van der Waals surface area contributed by atoms with Gasteiger partial charge in [-0.05, 0) is 57.5 Å². The summed E-state index contributed by atoms with van der Waals surface area (Å²) in [4.78, 5) is 30.7. The summed E-state index contributed by atoms with van der Waals surface area (Å²) in [6, 6.07) is -0.0557. The molecule has 0 saturated carbocycles. The zero-order valence-electron chi connectivity index (χ0n) is 22.6. The lowest BCUT2D eigenvalue weighted by Crippen LogP contribution is -2.55. The van der Waals surface area contributed by atoms with Crippen LogP contribution in [0.5, 0.6) is 0 Å². The number of aromatic nitrogens is 5. The number of likely N-dealkylation sites (N-methyl/N-ethyl adjacent to an activating group) is 1. The van der Waals surface area contributed by atoms with Gasteiger partial charge in [-0.3, -0.25) is 4.79 Å². The van der Waals surface area contributed by atoms with Crippen molar-refractivity contribution in [1.29, 1.82) is 0 Å². The van der Waals surface area contributed by atoms with Crippen molar-refractivity contribution in [2.24, 2.45) is 0 Å². The maximum Gasteiger partial charge on any atom is 0.236 e. The van der Waals surface area contributed by atoms with Crippen LogP contribution < -0.4 is 4.90 Å². The average Bonchev–Trinajstić information content (AvgIpc) is 3.46. The SMILES string of the molecule is Cc1c(-c2[nH]c3cnc(N4CCN(C(=O)CN(C)C)CC4C)c(F)c3c2C(C)C)cn2ncnc2c1C. The second-order valence-corrected chi connectivity index (χ2v) is 10.7. The summed E-state index contributed by atoms with van der Waals surface area (Å²) in [7, 11) is 3.77. The number of halogens is 1. The van der Waals surface area contributed by atoms with Crippen molar-refractivity contribution in [3.8, 4) is 11.3 Å². The Labute approximate surface area is 216 Å². The molecule has 1 unspecified atom stereocenters. The Balaban J connectivity index is 1.57. The first kappa shape index (κ1) is 25.1.